The molecular formula is C12H11Cl2NO. The first-order chi connectivity index (χ1) is 7.65. The Bertz CT molecular complexity index is 494. The molecule has 84 valence electrons. The zero-order valence-electron chi connectivity index (χ0n) is 8.76. The Kier molecular flexibility index (Phi) is 3.42. The molecule has 0 aliphatic rings. The lowest BCUT2D eigenvalue weighted by Gasteiger charge is -2.05. The van der Waals surface area contributed by atoms with E-state index in [2.05, 4.69) is 5.32 Å². The van der Waals surface area contributed by atoms with Crippen LogP contribution in [0, 0.1) is 6.92 Å². The van der Waals surface area contributed by atoms with Crippen molar-refractivity contribution in [3.63, 3.8) is 0 Å². The Morgan fingerprint density at radius 1 is 1.12 bits per heavy atom. The predicted octanol–water partition coefficient (Wildman–Crippen LogP) is 4.51. The molecule has 0 fully saturated rings. The molecule has 0 unspecified atom stereocenters. The first-order valence-corrected chi connectivity index (χ1v) is 5.65. The van der Waals surface area contributed by atoms with Gasteiger partial charge < -0.3 is 9.73 Å². The van der Waals surface area contributed by atoms with Gasteiger partial charge in [0.1, 0.15) is 11.5 Å². The molecule has 0 spiro atoms. The van der Waals surface area contributed by atoms with Gasteiger partial charge in [0, 0.05) is 5.69 Å². The average molecular weight is 256 g/mol. The van der Waals surface area contributed by atoms with Gasteiger partial charge in [0.05, 0.1) is 16.6 Å². The normalized spacial score (nSPS) is 10.4. The zero-order chi connectivity index (χ0) is 11.5. The van der Waals surface area contributed by atoms with E-state index in [4.69, 9.17) is 27.6 Å². The van der Waals surface area contributed by atoms with Crippen molar-refractivity contribution < 1.29 is 4.42 Å². The van der Waals surface area contributed by atoms with Crippen molar-refractivity contribution in [2.45, 2.75) is 13.5 Å². The Morgan fingerprint density at radius 2 is 1.94 bits per heavy atom. The molecule has 1 N–H and O–H groups in total. The van der Waals surface area contributed by atoms with E-state index in [1.54, 1.807) is 12.1 Å². The number of aryl methyl sites for hydroxylation is 1. The Morgan fingerprint density at radius 3 is 2.56 bits per heavy atom. The van der Waals surface area contributed by atoms with E-state index in [-0.39, 0.29) is 0 Å². The molecule has 0 aliphatic carbocycles. The largest absolute Gasteiger partial charge is 0.465 e. The van der Waals surface area contributed by atoms with E-state index in [1.807, 2.05) is 25.1 Å². The summed E-state index contributed by atoms with van der Waals surface area (Å²) in [5.74, 6) is 1.80. The molecule has 1 aromatic carbocycles. The first kappa shape index (κ1) is 11.4. The van der Waals surface area contributed by atoms with Gasteiger partial charge in [-0.15, -0.1) is 0 Å². The minimum Gasteiger partial charge on any atom is -0.465 e. The number of furan rings is 1. The third-order valence-electron chi connectivity index (χ3n) is 2.18. The molecule has 1 aromatic heterocycles. The standard InChI is InChI=1S/C12H11Cl2NO/c1-8-2-4-10(16-8)7-15-9-3-5-11(13)12(14)6-9/h2-6,15H,7H2,1H3. The first-order valence-electron chi connectivity index (χ1n) is 4.89. The minimum absolute atomic E-state index is 0.544. The van der Waals surface area contributed by atoms with Gasteiger partial charge in [-0.1, -0.05) is 23.2 Å². The quantitative estimate of drug-likeness (QED) is 0.874. The van der Waals surface area contributed by atoms with Crippen LogP contribution in [0.5, 0.6) is 0 Å². The van der Waals surface area contributed by atoms with Crippen molar-refractivity contribution >= 4 is 28.9 Å². The van der Waals surface area contributed by atoms with Crippen LogP contribution >= 0.6 is 23.2 Å². The van der Waals surface area contributed by atoms with E-state index < -0.39 is 0 Å². The highest BCUT2D eigenvalue weighted by Crippen LogP contribution is 2.25. The van der Waals surface area contributed by atoms with Crippen molar-refractivity contribution in [2.75, 3.05) is 5.32 Å². The summed E-state index contributed by atoms with van der Waals surface area (Å²) in [4.78, 5) is 0. The van der Waals surface area contributed by atoms with Gasteiger partial charge in [-0.05, 0) is 37.3 Å². The number of nitrogens with one attached hydrogen (secondary N) is 1. The van der Waals surface area contributed by atoms with Crippen molar-refractivity contribution in [1.82, 2.24) is 0 Å². The third-order valence-corrected chi connectivity index (χ3v) is 2.92. The Balaban J connectivity index is 2.02. The molecule has 0 bridgehead atoms. The highest BCUT2D eigenvalue weighted by molar-refractivity contribution is 6.42. The molecule has 0 aliphatic heterocycles. The van der Waals surface area contributed by atoms with Crippen molar-refractivity contribution in [3.8, 4) is 0 Å². The fraction of sp³-hybridized carbons (Fsp3) is 0.167. The van der Waals surface area contributed by atoms with Crippen LogP contribution in [0.25, 0.3) is 0 Å². The van der Waals surface area contributed by atoms with E-state index in [1.165, 1.54) is 0 Å². The summed E-state index contributed by atoms with van der Waals surface area (Å²) in [6.07, 6.45) is 0. The van der Waals surface area contributed by atoms with Crippen LogP contribution in [0.2, 0.25) is 10.0 Å². The number of hydrogen-bond acceptors (Lipinski definition) is 2. The number of hydrogen-bond donors (Lipinski definition) is 1. The molecule has 0 atom stereocenters. The fourth-order valence-electron chi connectivity index (χ4n) is 1.38. The van der Waals surface area contributed by atoms with Crippen molar-refractivity contribution in [2.24, 2.45) is 0 Å². The summed E-state index contributed by atoms with van der Waals surface area (Å²) in [6.45, 7) is 2.55. The van der Waals surface area contributed by atoms with Gasteiger partial charge in [0.25, 0.3) is 0 Å². The minimum atomic E-state index is 0.544. The van der Waals surface area contributed by atoms with Crippen LogP contribution in [0.1, 0.15) is 11.5 Å². The van der Waals surface area contributed by atoms with Crippen LogP contribution < -0.4 is 5.32 Å². The second-order valence-corrected chi connectivity index (χ2v) is 4.31. The van der Waals surface area contributed by atoms with Gasteiger partial charge in [-0.25, -0.2) is 0 Å². The van der Waals surface area contributed by atoms with E-state index in [0.717, 1.165) is 17.2 Å². The topological polar surface area (TPSA) is 25.2 Å². The molecule has 0 radical (unpaired) electrons. The summed E-state index contributed by atoms with van der Waals surface area (Å²) in [6, 6.07) is 9.31. The van der Waals surface area contributed by atoms with Crippen LogP contribution in [0.3, 0.4) is 0 Å². The van der Waals surface area contributed by atoms with Crippen LogP contribution in [0.4, 0.5) is 5.69 Å². The second kappa shape index (κ2) is 4.81. The fourth-order valence-corrected chi connectivity index (χ4v) is 1.67. The van der Waals surface area contributed by atoms with E-state index in [9.17, 15) is 0 Å². The van der Waals surface area contributed by atoms with Crippen molar-refractivity contribution in [3.05, 3.63) is 51.9 Å². The molecule has 2 nitrogen and oxygen atoms in total. The maximum absolute atomic E-state index is 5.90. The highest BCUT2D eigenvalue weighted by Gasteiger charge is 2.01. The second-order valence-electron chi connectivity index (χ2n) is 3.49. The van der Waals surface area contributed by atoms with Crippen molar-refractivity contribution in [1.29, 1.82) is 0 Å². The smallest absolute Gasteiger partial charge is 0.123 e. The van der Waals surface area contributed by atoms with E-state index in [0.29, 0.717) is 16.6 Å². The molecule has 0 amide bonds. The number of rotatable bonds is 3. The molecule has 16 heavy (non-hydrogen) atoms. The zero-order valence-corrected chi connectivity index (χ0v) is 10.3. The predicted molar refractivity (Wildman–Crippen MR) is 67.2 cm³/mol. The molecule has 2 rings (SSSR count). The van der Waals surface area contributed by atoms with Crippen LogP contribution in [-0.4, -0.2) is 0 Å². The summed E-state index contributed by atoms with van der Waals surface area (Å²) < 4.78 is 5.44. The Hall–Kier alpha value is -1.12. The monoisotopic (exact) mass is 255 g/mol. The van der Waals surface area contributed by atoms with Gasteiger partial charge in [0.2, 0.25) is 0 Å². The number of anilines is 1. The third kappa shape index (κ3) is 2.71. The molecule has 4 heteroatoms. The summed E-state index contributed by atoms with van der Waals surface area (Å²) in [7, 11) is 0. The van der Waals surface area contributed by atoms with Gasteiger partial charge in [0.15, 0.2) is 0 Å². The average Bonchev–Trinajstić information content (AvgIpc) is 2.66. The summed E-state index contributed by atoms with van der Waals surface area (Å²) in [5.41, 5.74) is 0.920. The maximum atomic E-state index is 5.90. The van der Waals surface area contributed by atoms with Gasteiger partial charge in [-0.2, -0.15) is 0 Å². The van der Waals surface area contributed by atoms with E-state index >= 15 is 0 Å². The number of halogens is 2. The summed E-state index contributed by atoms with van der Waals surface area (Å²) in [5, 5.41) is 4.31. The molecular weight excluding hydrogens is 245 g/mol. The number of benzene rings is 1. The SMILES string of the molecule is Cc1ccc(CNc2ccc(Cl)c(Cl)c2)o1. The molecule has 1 heterocycles. The van der Waals surface area contributed by atoms with Crippen LogP contribution in [-0.2, 0) is 6.54 Å². The summed E-state index contributed by atoms with van der Waals surface area (Å²) >= 11 is 11.7. The lowest BCUT2D eigenvalue weighted by atomic mass is 10.3. The maximum Gasteiger partial charge on any atom is 0.123 e. The lowest BCUT2D eigenvalue weighted by Crippen LogP contribution is -1.97. The van der Waals surface area contributed by atoms with Gasteiger partial charge >= 0.3 is 0 Å². The van der Waals surface area contributed by atoms with Crippen LogP contribution in [0.15, 0.2) is 34.7 Å². The molecule has 0 saturated heterocycles. The highest BCUT2D eigenvalue weighted by atomic mass is 35.5. The van der Waals surface area contributed by atoms with Gasteiger partial charge in [-0.3, -0.25) is 0 Å². The Labute approximate surface area is 104 Å². The molecule has 2 aromatic rings. The molecule has 0 saturated carbocycles. The lowest BCUT2D eigenvalue weighted by molar-refractivity contribution is 0.490.